The summed E-state index contributed by atoms with van der Waals surface area (Å²) in [5.74, 6) is -0.734. The molecule has 4 rings (SSSR count). The number of para-hydroxylation sites is 1. The third-order valence-corrected chi connectivity index (χ3v) is 4.93. The lowest BCUT2D eigenvalue weighted by atomic mass is 10.2. The average Bonchev–Trinajstić information content (AvgIpc) is 3.24. The van der Waals surface area contributed by atoms with Crippen LogP contribution in [-0.2, 0) is 0 Å². The van der Waals surface area contributed by atoms with Crippen LogP contribution in [-0.4, -0.2) is 21.0 Å². The first-order valence-corrected chi connectivity index (χ1v) is 8.85. The first-order valence-electron chi connectivity index (χ1n) is 7.59. The van der Waals surface area contributed by atoms with Gasteiger partial charge in [-0.25, -0.2) is 4.98 Å². The molecule has 0 aliphatic rings. The van der Waals surface area contributed by atoms with E-state index in [-0.39, 0.29) is 17.3 Å². The molecule has 2 aromatic heterocycles. The number of rotatable bonds is 3. The van der Waals surface area contributed by atoms with Crippen molar-refractivity contribution in [3.8, 4) is 16.5 Å². The van der Waals surface area contributed by atoms with Crippen molar-refractivity contribution in [1.29, 1.82) is 0 Å². The number of azo groups is 1. The number of carbonyl (C=O) groups is 1. The Bertz CT molecular complexity index is 1150. The van der Waals surface area contributed by atoms with Gasteiger partial charge in [-0.05, 0) is 12.1 Å². The molecule has 0 aliphatic carbocycles. The molecule has 0 fully saturated rings. The number of amides is 1. The standard InChI is InChI=1S/C18H11ClN4O2S/c19-12-7-3-1-5-10(12)18-21-14(9-26-18)16(24)23-22-15-11-6-2-4-8-13(11)20-17(15)25/h1-9,20,25H. The van der Waals surface area contributed by atoms with Crippen LogP contribution in [0.1, 0.15) is 10.5 Å². The molecular formula is C18H11ClN4O2S. The van der Waals surface area contributed by atoms with Gasteiger partial charge in [-0.1, -0.05) is 48.0 Å². The predicted octanol–water partition coefficient (Wildman–Crippen LogP) is 5.57. The Labute approximate surface area is 156 Å². The third-order valence-electron chi connectivity index (χ3n) is 3.73. The van der Waals surface area contributed by atoms with E-state index < -0.39 is 5.91 Å². The van der Waals surface area contributed by atoms with Crippen molar-refractivity contribution in [2.45, 2.75) is 0 Å². The summed E-state index contributed by atoms with van der Waals surface area (Å²) >= 11 is 7.46. The second kappa shape index (κ2) is 6.70. The maximum atomic E-state index is 12.3. The van der Waals surface area contributed by atoms with Gasteiger partial charge >= 0.3 is 5.91 Å². The predicted molar refractivity (Wildman–Crippen MR) is 101 cm³/mol. The minimum Gasteiger partial charge on any atom is -0.493 e. The van der Waals surface area contributed by atoms with Crippen LogP contribution in [0.4, 0.5) is 5.69 Å². The van der Waals surface area contributed by atoms with Gasteiger partial charge in [0.15, 0.2) is 5.69 Å². The number of fused-ring (bicyclic) bond motifs is 1. The molecule has 4 aromatic rings. The number of carbonyl (C=O) groups excluding carboxylic acids is 1. The van der Waals surface area contributed by atoms with Gasteiger partial charge < -0.3 is 10.1 Å². The topological polar surface area (TPSA) is 90.7 Å². The average molecular weight is 383 g/mol. The van der Waals surface area contributed by atoms with Crippen LogP contribution in [0.5, 0.6) is 5.88 Å². The minimum absolute atomic E-state index is 0.141. The van der Waals surface area contributed by atoms with Crippen molar-refractivity contribution >= 4 is 45.4 Å². The Balaban J connectivity index is 1.62. The van der Waals surface area contributed by atoms with E-state index in [4.69, 9.17) is 11.6 Å². The molecule has 8 heteroatoms. The first-order chi connectivity index (χ1) is 12.6. The smallest absolute Gasteiger partial charge is 0.314 e. The molecule has 2 heterocycles. The van der Waals surface area contributed by atoms with E-state index in [1.807, 2.05) is 30.3 Å². The monoisotopic (exact) mass is 382 g/mol. The van der Waals surface area contributed by atoms with Gasteiger partial charge in [0, 0.05) is 16.3 Å². The fraction of sp³-hybridized carbons (Fsp3) is 0. The van der Waals surface area contributed by atoms with Crippen molar-refractivity contribution in [3.05, 3.63) is 64.6 Å². The highest BCUT2D eigenvalue weighted by Crippen LogP contribution is 2.35. The Morgan fingerprint density at radius 2 is 1.92 bits per heavy atom. The zero-order chi connectivity index (χ0) is 18.1. The van der Waals surface area contributed by atoms with E-state index in [1.165, 1.54) is 11.3 Å². The number of hydrogen-bond acceptors (Lipinski definition) is 5. The van der Waals surface area contributed by atoms with E-state index >= 15 is 0 Å². The molecular weight excluding hydrogens is 372 g/mol. The summed E-state index contributed by atoms with van der Waals surface area (Å²) in [7, 11) is 0. The lowest BCUT2D eigenvalue weighted by molar-refractivity contribution is 0.0991. The highest BCUT2D eigenvalue weighted by molar-refractivity contribution is 7.13. The van der Waals surface area contributed by atoms with Crippen molar-refractivity contribution < 1.29 is 9.90 Å². The summed E-state index contributed by atoms with van der Waals surface area (Å²) < 4.78 is 0. The number of benzene rings is 2. The fourth-order valence-corrected chi connectivity index (χ4v) is 3.61. The summed E-state index contributed by atoms with van der Waals surface area (Å²) in [5.41, 5.74) is 1.86. The molecule has 26 heavy (non-hydrogen) atoms. The molecule has 128 valence electrons. The SMILES string of the molecule is O=C(N=Nc1c(O)[nH]c2ccccc12)c1csc(-c2ccccc2Cl)n1. The van der Waals surface area contributed by atoms with E-state index in [9.17, 15) is 9.90 Å². The second-order valence-corrected chi connectivity index (χ2v) is 6.66. The Morgan fingerprint density at radius 1 is 1.15 bits per heavy atom. The quantitative estimate of drug-likeness (QED) is 0.453. The number of aromatic nitrogens is 2. The second-order valence-electron chi connectivity index (χ2n) is 5.39. The summed E-state index contributed by atoms with van der Waals surface area (Å²) in [6.07, 6.45) is 0. The normalized spacial score (nSPS) is 11.4. The third kappa shape index (κ3) is 2.98. The zero-order valence-corrected chi connectivity index (χ0v) is 14.8. The van der Waals surface area contributed by atoms with E-state index in [1.54, 1.807) is 23.6 Å². The Kier molecular flexibility index (Phi) is 4.24. The molecule has 0 unspecified atom stereocenters. The first kappa shape index (κ1) is 16.4. The summed E-state index contributed by atoms with van der Waals surface area (Å²) in [6.45, 7) is 0. The lowest BCUT2D eigenvalue weighted by Crippen LogP contribution is -1.93. The van der Waals surface area contributed by atoms with E-state index in [2.05, 4.69) is 20.2 Å². The van der Waals surface area contributed by atoms with Crippen molar-refractivity contribution in [3.63, 3.8) is 0 Å². The maximum absolute atomic E-state index is 12.3. The number of nitrogens with zero attached hydrogens (tertiary/aromatic N) is 3. The molecule has 0 saturated heterocycles. The van der Waals surface area contributed by atoms with Gasteiger partial charge in [-0.3, -0.25) is 4.79 Å². The van der Waals surface area contributed by atoms with Gasteiger partial charge in [-0.2, -0.15) is 0 Å². The number of thiazole rings is 1. The Hall–Kier alpha value is -3.03. The van der Waals surface area contributed by atoms with E-state index in [0.29, 0.717) is 20.9 Å². The molecule has 0 bridgehead atoms. The number of aromatic amines is 1. The van der Waals surface area contributed by atoms with Crippen molar-refractivity contribution in [1.82, 2.24) is 9.97 Å². The summed E-state index contributed by atoms with van der Waals surface area (Å²) in [4.78, 5) is 19.3. The molecule has 1 amide bonds. The number of nitrogens with one attached hydrogen (secondary N) is 1. The highest BCUT2D eigenvalue weighted by Gasteiger charge is 2.14. The van der Waals surface area contributed by atoms with Crippen LogP contribution in [0, 0.1) is 0 Å². The van der Waals surface area contributed by atoms with Gasteiger partial charge in [0.1, 0.15) is 10.7 Å². The molecule has 2 aromatic carbocycles. The lowest BCUT2D eigenvalue weighted by Gasteiger charge is -1.97. The van der Waals surface area contributed by atoms with Crippen LogP contribution in [0.25, 0.3) is 21.5 Å². The van der Waals surface area contributed by atoms with E-state index in [0.717, 1.165) is 5.56 Å². The fourth-order valence-electron chi connectivity index (χ4n) is 2.49. The number of halogens is 1. The summed E-state index contributed by atoms with van der Waals surface area (Å²) in [5, 5.41) is 21.0. The van der Waals surface area contributed by atoms with Crippen LogP contribution < -0.4 is 0 Å². The van der Waals surface area contributed by atoms with Crippen LogP contribution in [0.15, 0.2) is 64.1 Å². The van der Waals surface area contributed by atoms with Gasteiger partial charge in [-0.15, -0.1) is 21.6 Å². The summed E-state index contributed by atoms with van der Waals surface area (Å²) in [6, 6.07) is 14.5. The molecule has 0 atom stereocenters. The molecule has 0 aliphatic heterocycles. The number of hydrogen-bond donors (Lipinski definition) is 2. The van der Waals surface area contributed by atoms with Gasteiger partial charge in [0.25, 0.3) is 0 Å². The number of aromatic hydroxyl groups is 1. The molecule has 2 N–H and O–H groups in total. The van der Waals surface area contributed by atoms with Crippen LogP contribution in [0.2, 0.25) is 5.02 Å². The zero-order valence-electron chi connectivity index (χ0n) is 13.2. The molecule has 0 spiro atoms. The molecule has 0 saturated carbocycles. The van der Waals surface area contributed by atoms with Crippen molar-refractivity contribution in [2.75, 3.05) is 0 Å². The van der Waals surface area contributed by atoms with Crippen LogP contribution in [0.3, 0.4) is 0 Å². The largest absolute Gasteiger partial charge is 0.493 e. The minimum atomic E-state index is -0.593. The highest BCUT2D eigenvalue weighted by atomic mass is 35.5. The van der Waals surface area contributed by atoms with Gasteiger partial charge in [0.2, 0.25) is 5.88 Å². The van der Waals surface area contributed by atoms with Crippen LogP contribution >= 0.6 is 22.9 Å². The Morgan fingerprint density at radius 3 is 2.77 bits per heavy atom. The van der Waals surface area contributed by atoms with Gasteiger partial charge in [0.05, 0.1) is 10.5 Å². The molecule has 0 radical (unpaired) electrons. The maximum Gasteiger partial charge on any atom is 0.314 e. The van der Waals surface area contributed by atoms with Crippen molar-refractivity contribution in [2.24, 2.45) is 10.2 Å². The number of H-pyrrole nitrogens is 1. The molecule has 6 nitrogen and oxygen atoms in total.